The van der Waals surface area contributed by atoms with Crippen molar-refractivity contribution < 1.29 is 9.21 Å². The van der Waals surface area contributed by atoms with Crippen LogP contribution in [0.4, 0.5) is 0 Å². The summed E-state index contributed by atoms with van der Waals surface area (Å²) in [7, 11) is 3.87. The minimum atomic E-state index is -0.268. The summed E-state index contributed by atoms with van der Waals surface area (Å²) in [6.45, 7) is 0.414. The number of hydrogen-bond donors (Lipinski definition) is 1. The highest BCUT2D eigenvalue weighted by Gasteiger charge is 2.19. The first-order valence-corrected chi connectivity index (χ1v) is 7.61. The van der Waals surface area contributed by atoms with Crippen LogP contribution < -0.4 is 5.32 Å². The van der Waals surface area contributed by atoms with Gasteiger partial charge in [0.15, 0.2) is 5.69 Å². The van der Waals surface area contributed by atoms with Gasteiger partial charge >= 0.3 is 0 Å². The molecule has 0 spiro atoms. The minimum absolute atomic E-state index is 0.0480. The van der Waals surface area contributed by atoms with Crippen LogP contribution in [0.2, 0.25) is 0 Å². The predicted octanol–water partition coefficient (Wildman–Crippen LogP) is 1.89. The summed E-state index contributed by atoms with van der Waals surface area (Å²) in [4.78, 5) is 15.7. The van der Waals surface area contributed by atoms with Crippen molar-refractivity contribution in [2.24, 2.45) is 0 Å². The Balaban J connectivity index is 1.66. The van der Waals surface area contributed by atoms with Gasteiger partial charge in [0.05, 0.1) is 24.2 Å². The molecule has 1 unspecified atom stereocenters. The number of hydrogen-bond acceptors (Lipinski definition) is 5. The molecule has 124 valence electrons. The van der Waals surface area contributed by atoms with Gasteiger partial charge in [-0.2, -0.15) is 9.90 Å². The number of para-hydroxylation sites is 1. The Morgan fingerprint density at radius 2 is 2.04 bits per heavy atom. The van der Waals surface area contributed by atoms with Gasteiger partial charge in [-0.15, -0.1) is 5.10 Å². The predicted molar refractivity (Wildman–Crippen MR) is 88.8 cm³/mol. The molecule has 1 atom stereocenters. The molecule has 3 rings (SSSR count). The molecular formula is C17H19N5O2. The Hall–Kier alpha value is -2.93. The molecule has 0 saturated carbocycles. The number of likely N-dealkylation sites (N-methyl/N-ethyl adjacent to an activating group) is 1. The first-order chi connectivity index (χ1) is 11.6. The quantitative estimate of drug-likeness (QED) is 0.749. The largest absolute Gasteiger partial charge is 0.468 e. The van der Waals surface area contributed by atoms with E-state index in [4.69, 9.17) is 4.42 Å². The first-order valence-electron chi connectivity index (χ1n) is 7.61. The number of furan rings is 1. The fourth-order valence-corrected chi connectivity index (χ4v) is 2.35. The molecular weight excluding hydrogens is 306 g/mol. The number of benzene rings is 1. The Labute approximate surface area is 139 Å². The summed E-state index contributed by atoms with van der Waals surface area (Å²) in [5.41, 5.74) is 1.08. The molecule has 2 aromatic heterocycles. The molecule has 0 radical (unpaired) electrons. The molecule has 3 aromatic rings. The summed E-state index contributed by atoms with van der Waals surface area (Å²) in [6, 6.07) is 13.1. The van der Waals surface area contributed by atoms with Gasteiger partial charge in [0.2, 0.25) is 0 Å². The second-order valence-corrected chi connectivity index (χ2v) is 5.56. The number of carbonyl (C=O) groups is 1. The van der Waals surface area contributed by atoms with Gasteiger partial charge in [-0.25, -0.2) is 0 Å². The van der Waals surface area contributed by atoms with Crippen LogP contribution in [0.25, 0.3) is 5.69 Å². The molecule has 0 fully saturated rings. The van der Waals surface area contributed by atoms with Crippen molar-refractivity contribution >= 4 is 5.91 Å². The third-order valence-electron chi connectivity index (χ3n) is 3.66. The average Bonchev–Trinajstić information content (AvgIpc) is 3.27. The van der Waals surface area contributed by atoms with Crippen molar-refractivity contribution in [1.29, 1.82) is 0 Å². The molecule has 7 heteroatoms. The summed E-state index contributed by atoms with van der Waals surface area (Å²) in [5.74, 6) is 0.531. The van der Waals surface area contributed by atoms with E-state index in [1.807, 2.05) is 61.5 Å². The van der Waals surface area contributed by atoms with Crippen LogP contribution in [0, 0.1) is 0 Å². The normalized spacial score (nSPS) is 12.3. The van der Waals surface area contributed by atoms with E-state index in [1.54, 1.807) is 6.26 Å². The van der Waals surface area contributed by atoms with Crippen LogP contribution in [-0.2, 0) is 0 Å². The van der Waals surface area contributed by atoms with Crippen LogP contribution >= 0.6 is 0 Å². The molecule has 1 amide bonds. The van der Waals surface area contributed by atoms with Gasteiger partial charge in [-0.05, 0) is 38.4 Å². The number of carbonyl (C=O) groups excluding carboxylic acids is 1. The Morgan fingerprint density at radius 1 is 1.25 bits per heavy atom. The lowest BCUT2D eigenvalue weighted by molar-refractivity contribution is 0.0933. The zero-order valence-electron chi connectivity index (χ0n) is 13.6. The van der Waals surface area contributed by atoms with Gasteiger partial charge in [0.25, 0.3) is 5.91 Å². The lowest BCUT2D eigenvalue weighted by atomic mass is 10.2. The number of nitrogens with one attached hydrogen (secondary N) is 1. The average molecular weight is 325 g/mol. The molecule has 0 saturated heterocycles. The SMILES string of the molecule is CN(C)C(CNC(=O)c1cnn(-c2ccccc2)n1)c1ccco1. The van der Waals surface area contributed by atoms with Crippen molar-refractivity contribution in [2.45, 2.75) is 6.04 Å². The monoisotopic (exact) mass is 325 g/mol. The highest BCUT2D eigenvalue weighted by atomic mass is 16.3. The van der Waals surface area contributed by atoms with E-state index >= 15 is 0 Å². The smallest absolute Gasteiger partial charge is 0.273 e. The van der Waals surface area contributed by atoms with E-state index in [9.17, 15) is 4.79 Å². The fraction of sp³-hybridized carbons (Fsp3) is 0.235. The van der Waals surface area contributed by atoms with Gasteiger partial charge in [0, 0.05) is 6.54 Å². The lowest BCUT2D eigenvalue weighted by Crippen LogP contribution is -2.34. The van der Waals surface area contributed by atoms with E-state index in [-0.39, 0.29) is 17.6 Å². The highest BCUT2D eigenvalue weighted by molar-refractivity contribution is 5.91. The molecule has 0 aliphatic carbocycles. The third kappa shape index (κ3) is 3.52. The molecule has 7 nitrogen and oxygen atoms in total. The maximum atomic E-state index is 12.3. The Bertz CT molecular complexity index is 780. The number of rotatable bonds is 6. The van der Waals surface area contributed by atoms with E-state index in [0.29, 0.717) is 6.54 Å². The van der Waals surface area contributed by atoms with E-state index in [0.717, 1.165) is 11.4 Å². The van der Waals surface area contributed by atoms with Crippen molar-refractivity contribution in [3.63, 3.8) is 0 Å². The molecule has 0 bridgehead atoms. The number of nitrogens with zero attached hydrogens (tertiary/aromatic N) is 4. The second-order valence-electron chi connectivity index (χ2n) is 5.56. The number of aromatic nitrogens is 3. The fourth-order valence-electron chi connectivity index (χ4n) is 2.35. The molecule has 24 heavy (non-hydrogen) atoms. The third-order valence-corrected chi connectivity index (χ3v) is 3.66. The Morgan fingerprint density at radius 3 is 2.71 bits per heavy atom. The molecule has 0 aliphatic rings. The summed E-state index contributed by atoms with van der Waals surface area (Å²) < 4.78 is 5.43. The lowest BCUT2D eigenvalue weighted by Gasteiger charge is -2.22. The van der Waals surface area contributed by atoms with E-state index in [2.05, 4.69) is 15.5 Å². The summed E-state index contributed by atoms with van der Waals surface area (Å²) in [6.07, 6.45) is 3.08. The number of amides is 1. The maximum absolute atomic E-state index is 12.3. The van der Waals surface area contributed by atoms with E-state index < -0.39 is 0 Å². The second kappa shape index (κ2) is 7.10. The van der Waals surface area contributed by atoms with Crippen LogP contribution in [0.15, 0.2) is 59.3 Å². The standard InChI is InChI=1S/C17H19N5O2/c1-21(2)15(16-9-6-10-24-16)12-18-17(23)14-11-19-22(20-14)13-7-4-3-5-8-13/h3-11,15H,12H2,1-2H3,(H,18,23). The minimum Gasteiger partial charge on any atom is -0.468 e. The molecule has 1 aromatic carbocycles. The van der Waals surface area contributed by atoms with Crippen molar-refractivity contribution in [1.82, 2.24) is 25.2 Å². The first kappa shape index (κ1) is 15.9. The van der Waals surface area contributed by atoms with Crippen LogP contribution in [-0.4, -0.2) is 46.4 Å². The molecule has 0 aliphatic heterocycles. The van der Waals surface area contributed by atoms with Gasteiger partial charge in [-0.1, -0.05) is 18.2 Å². The van der Waals surface area contributed by atoms with Crippen LogP contribution in [0.1, 0.15) is 22.3 Å². The van der Waals surface area contributed by atoms with Gasteiger partial charge < -0.3 is 9.73 Å². The van der Waals surface area contributed by atoms with Gasteiger partial charge in [-0.3, -0.25) is 9.69 Å². The maximum Gasteiger partial charge on any atom is 0.273 e. The molecule has 1 N–H and O–H groups in total. The van der Waals surface area contributed by atoms with Crippen molar-refractivity contribution in [2.75, 3.05) is 20.6 Å². The summed E-state index contributed by atoms with van der Waals surface area (Å²) >= 11 is 0. The zero-order valence-corrected chi connectivity index (χ0v) is 13.6. The molecule has 2 heterocycles. The van der Waals surface area contributed by atoms with Crippen molar-refractivity contribution in [3.8, 4) is 5.69 Å². The van der Waals surface area contributed by atoms with Crippen molar-refractivity contribution in [3.05, 3.63) is 66.4 Å². The topological polar surface area (TPSA) is 76.2 Å². The zero-order chi connectivity index (χ0) is 16.9. The van der Waals surface area contributed by atoms with Gasteiger partial charge in [0.1, 0.15) is 5.76 Å². The summed E-state index contributed by atoms with van der Waals surface area (Å²) in [5, 5.41) is 11.2. The van der Waals surface area contributed by atoms with Crippen LogP contribution in [0.3, 0.4) is 0 Å². The van der Waals surface area contributed by atoms with Crippen LogP contribution in [0.5, 0.6) is 0 Å². The van der Waals surface area contributed by atoms with E-state index in [1.165, 1.54) is 11.0 Å². The highest BCUT2D eigenvalue weighted by Crippen LogP contribution is 2.17. The Kier molecular flexibility index (Phi) is 4.72.